The number of benzene rings is 4. The van der Waals surface area contributed by atoms with Crippen LogP contribution in [0.25, 0.3) is 44.4 Å². The SMILES string of the molecule is O=c1n(-c2cccc(-c3ccccc3)c2)c2ccccc2c2nc3ccccc3n12. The fourth-order valence-corrected chi connectivity index (χ4v) is 4.17. The van der Waals surface area contributed by atoms with Gasteiger partial charge in [0.1, 0.15) is 0 Å². The van der Waals surface area contributed by atoms with Crippen LogP contribution in [0.4, 0.5) is 0 Å². The number of imidazole rings is 1. The molecule has 0 saturated heterocycles. The zero-order valence-corrected chi connectivity index (χ0v) is 16.1. The van der Waals surface area contributed by atoms with Gasteiger partial charge in [0, 0.05) is 5.39 Å². The molecule has 2 aromatic heterocycles. The molecule has 0 N–H and O–H groups in total. The van der Waals surface area contributed by atoms with Crippen LogP contribution in [0.1, 0.15) is 0 Å². The summed E-state index contributed by atoms with van der Waals surface area (Å²) in [6, 6.07) is 34.0. The molecule has 6 rings (SSSR count). The van der Waals surface area contributed by atoms with E-state index in [1.54, 1.807) is 8.97 Å². The van der Waals surface area contributed by atoms with Gasteiger partial charge < -0.3 is 0 Å². The molecular formula is C26H17N3O. The molecule has 142 valence electrons. The zero-order valence-electron chi connectivity index (χ0n) is 16.1. The highest BCUT2D eigenvalue weighted by molar-refractivity contribution is 5.97. The first kappa shape index (κ1) is 16.7. The zero-order chi connectivity index (χ0) is 20.1. The van der Waals surface area contributed by atoms with Gasteiger partial charge in [0.25, 0.3) is 0 Å². The molecule has 0 fully saturated rings. The van der Waals surface area contributed by atoms with Crippen molar-refractivity contribution in [1.29, 1.82) is 0 Å². The van der Waals surface area contributed by atoms with Gasteiger partial charge >= 0.3 is 5.69 Å². The van der Waals surface area contributed by atoms with E-state index >= 15 is 0 Å². The molecule has 4 heteroatoms. The van der Waals surface area contributed by atoms with Crippen LogP contribution >= 0.6 is 0 Å². The van der Waals surface area contributed by atoms with Gasteiger partial charge in [-0.1, -0.05) is 66.7 Å². The number of para-hydroxylation sites is 3. The van der Waals surface area contributed by atoms with E-state index in [-0.39, 0.29) is 5.69 Å². The average molecular weight is 387 g/mol. The Labute approximate surface area is 172 Å². The summed E-state index contributed by atoms with van der Waals surface area (Å²) >= 11 is 0. The largest absolute Gasteiger partial charge is 0.339 e. The summed E-state index contributed by atoms with van der Waals surface area (Å²) in [4.78, 5) is 18.5. The molecule has 0 aliphatic heterocycles. The van der Waals surface area contributed by atoms with Crippen molar-refractivity contribution in [2.75, 3.05) is 0 Å². The normalized spacial score (nSPS) is 11.5. The molecule has 0 bridgehead atoms. The molecule has 2 heterocycles. The predicted molar refractivity (Wildman–Crippen MR) is 121 cm³/mol. The summed E-state index contributed by atoms with van der Waals surface area (Å²) in [5.74, 6) is 0. The highest BCUT2D eigenvalue weighted by Gasteiger charge is 2.16. The Kier molecular flexibility index (Phi) is 3.59. The van der Waals surface area contributed by atoms with Crippen molar-refractivity contribution in [3.63, 3.8) is 0 Å². The first-order chi connectivity index (χ1) is 14.8. The average Bonchev–Trinajstić information content (AvgIpc) is 3.20. The van der Waals surface area contributed by atoms with E-state index < -0.39 is 0 Å². The molecule has 4 nitrogen and oxygen atoms in total. The second-order valence-electron chi connectivity index (χ2n) is 7.31. The molecule has 0 saturated carbocycles. The third kappa shape index (κ3) is 2.40. The summed E-state index contributed by atoms with van der Waals surface area (Å²) < 4.78 is 3.50. The molecule has 0 atom stereocenters. The first-order valence-electron chi connectivity index (χ1n) is 9.88. The van der Waals surface area contributed by atoms with E-state index in [0.29, 0.717) is 5.65 Å². The Morgan fingerprint density at radius 3 is 2.20 bits per heavy atom. The van der Waals surface area contributed by atoms with Crippen LogP contribution < -0.4 is 5.69 Å². The van der Waals surface area contributed by atoms with Crippen molar-refractivity contribution in [1.82, 2.24) is 14.0 Å². The first-order valence-corrected chi connectivity index (χ1v) is 9.88. The van der Waals surface area contributed by atoms with Crippen LogP contribution in [0.2, 0.25) is 0 Å². The van der Waals surface area contributed by atoms with E-state index in [4.69, 9.17) is 4.98 Å². The highest BCUT2D eigenvalue weighted by atomic mass is 16.1. The maximum atomic E-state index is 13.8. The number of hydrogen-bond donors (Lipinski definition) is 0. The number of fused-ring (bicyclic) bond motifs is 5. The molecule has 0 aliphatic carbocycles. The lowest BCUT2D eigenvalue weighted by molar-refractivity contribution is 0.932. The third-order valence-corrected chi connectivity index (χ3v) is 5.54. The maximum absolute atomic E-state index is 13.8. The van der Waals surface area contributed by atoms with Crippen molar-refractivity contribution in [3.8, 4) is 16.8 Å². The molecule has 6 aromatic rings. The monoisotopic (exact) mass is 387 g/mol. The smallest absolute Gasteiger partial charge is 0.262 e. The Balaban J connectivity index is 1.74. The highest BCUT2D eigenvalue weighted by Crippen LogP contribution is 2.26. The van der Waals surface area contributed by atoms with Crippen LogP contribution in [0.15, 0.2) is 108 Å². The summed E-state index contributed by atoms with van der Waals surface area (Å²) in [6.07, 6.45) is 0. The lowest BCUT2D eigenvalue weighted by atomic mass is 10.1. The summed E-state index contributed by atoms with van der Waals surface area (Å²) in [6.45, 7) is 0. The van der Waals surface area contributed by atoms with Gasteiger partial charge in [-0.2, -0.15) is 0 Å². The van der Waals surface area contributed by atoms with Crippen molar-refractivity contribution in [2.45, 2.75) is 0 Å². The van der Waals surface area contributed by atoms with Gasteiger partial charge in [-0.25, -0.2) is 14.2 Å². The fourth-order valence-electron chi connectivity index (χ4n) is 4.17. The van der Waals surface area contributed by atoms with Gasteiger partial charge in [0.2, 0.25) is 0 Å². The van der Waals surface area contributed by atoms with Crippen LogP contribution in [-0.4, -0.2) is 14.0 Å². The number of nitrogens with zero attached hydrogens (tertiary/aromatic N) is 3. The van der Waals surface area contributed by atoms with Crippen LogP contribution in [0.3, 0.4) is 0 Å². The summed E-state index contributed by atoms with van der Waals surface area (Å²) in [5, 5.41) is 0.943. The number of hydrogen-bond acceptors (Lipinski definition) is 2. The van der Waals surface area contributed by atoms with Gasteiger partial charge in [0.15, 0.2) is 5.65 Å². The van der Waals surface area contributed by atoms with Crippen LogP contribution in [0.5, 0.6) is 0 Å². The van der Waals surface area contributed by atoms with Gasteiger partial charge in [-0.05, 0) is 47.5 Å². The van der Waals surface area contributed by atoms with Gasteiger partial charge in [0.05, 0.1) is 22.2 Å². The van der Waals surface area contributed by atoms with Crippen molar-refractivity contribution in [2.24, 2.45) is 0 Å². The molecule has 0 radical (unpaired) electrons. The van der Waals surface area contributed by atoms with Gasteiger partial charge in [-0.3, -0.25) is 4.57 Å². The minimum atomic E-state index is -0.123. The van der Waals surface area contributed by atoms with E-state index in [0.717, 1.165) is 38.8 Å². The molecule has 0 amide bonds. The van der Waals surface area contributed by atoms with Crippen molar-refractivity contribution >= 4 is 27.6 Å². The van der Waals surface area contributed by atoms with Gasteiger partial charge in [-0.15, -0.1) is 0 Å². The molecule has 0 spiro atoms. The Morgan fingerprint density at radius 2 is 1.33 bits per heavy atom. The van der Waals surface area contributed by atoms with E-state index in [1.807, 2.05) is 78.9 Å². The van der Waals surface area contributed by atoms with E-state index in [9.17, 15) is 4.79 Å². The summed E-state index contributed by atoms with van der Waals surface area (Å²) in [7, 11) is 0. The maximum Gasteiger partial charge on any atom is 0.339 e. The quantitative estimate of drug-likeness (QED) is 0.396. The molecular weight excluding hydrogens is 370 g/mol. The van der Waals surface area contributed by atoms with Crippen molar-refractivity contribution < 1.29 is 0 Å². The van der Waals surface area contributed by atoms with E-state index in [1.165, 1.54) is 0 Å². The predicted octanol–water partition coefficient (Wildman–Crippen LogP) is 5.46. The summed E-state index contributed by atoms with van der Waals surface area (Å²) in [5.41, 5.74) is 6.06. The number of rotatable bonds is 2. The second kappa shape index (κ2) is 6.42. The van der Waals surface area contributed by atoms with Crippen LogP contribution in [0, 0.1) is 0 Å². The minimum Gasteiger partial charge on any atom is -0.262 e. The number of aromatic nitrogens is 3. The third-order valence-electron chi connectivity index (χ3n) is 5.54. The lowest BCUT2D eigenvalue weighted by Crippen LogP contribution is -2.25. The van der Waals surface area contributed by atoms with E-state index in [2.05, 4.69) is 24.3 Å². The topological polar surface area (TPSA) is 39.3 Å². The Bertz CT molecular complexity index is 1610. The Hall–Kier alpha value is -4.18. The minimum absolute atomic E-state index is 0.123. The second-order valence-corrected chi connectivity index (χ2v) is 7.31. The molecule has 30 heavy (non-hydrogen) atoms. The van der Waals surface area contributed by atoms with Crippen molar-refractivity contribution in [3.05, 3.63) is 114 Å². The Morgan fingerprint density at radius 1 is 0.633 bits per heavy atom. The lowest BCUT2D eigenvalue weighted by Gasteiger charge is -2.13. The fraction of sp³-hybridized carbons (Fsp3) is 0. The molecule has 0 unspecified atom stereocenters. The van der Waals surface area contributed by atoms with Crippen LogP contribution in [-0.2, 0) is 0 Å². The standard InChI is InChI=1S/C26H17N3O/c30-26-28(20-12-8-11-19(17-20)18-9-2-1-3-10-18)23-15-6-4-13-21(23)25-27-22-14-5-7-16-24(22)29(25)26/h1-17H. The molecule has 0 aliphatic rings. The molecule has 4 aromatic carbocycles.